The fraction of sp³-hybridized carbons (Fsp3) is 0.111. The number of hydrogen-bond donors (Lipinski definition) is 0. The highest BCUT2D eigenvalue weighted by Gasteiger charge is 2.39. The third kappa shape index (κ3) is 5.47. The summed E-state index contributed by atoms with van der Waals surface area (Å²) >= 11 is 0. The third-order valence-corrected chi connectivity index (χ3v) is 12.3. The lowest BCUT2D eigenvalue weighted by Gasteiger charge is -2.31. The number of aromatic nitrogens is 1. The highest BCUT2D eigenvalue weighted by atomic mass is 15.2. The molecule has 0 N–H and O–H groups in total. The van der Waals surface area contributed by atoms with Gasteiger partial charge in [0.2, 0.25) is 0 Å². The number of hydrogen-bond acceptors (Lipinski definition) is 1. The first-order chi connectivity index (χ1) is 27.8. The second-order valence-electron chi connectivity index (χ2n) is 15.5. The van der Waals surface area contributed by atoms with Crippen LogP contribution in [0.25, 0.3) is 67.2 Å². The van der Waals surface area contributed by atoms with E-state index in [2.05, 4.69) is 204 Å². The number of fused-ring (bicyclic) bond motifs is 6. The van der Waals surface area contributed by atoms with Crippen molar-refractivity contribution in [1.29, 1.82) is 0 Å². The molecule has 0 amide bonds. The van der Waals surface area contributed by atoms with Gasteiger partial charge in [-0.15, -0.1) is 0 Å². The first-order valence-corrected chi connectivity index (χ1v) is 20.1. The highest BCUT2D eigenvalue weighted by Crippen LogP contribution is 2.51. The van der Waals surface area contributed by atoms with E-state index in [0.29, 0.717) is 12.0 Å². The van der Waals surface area contributed by atoms with Crippen LogP contribution in [-0.4, -0.2) is 10.6 Å². The van der Waals surface area contributed by atoms with Gasteiger partial charge in [0.05, 0.1) is 5.52 Å². The van der Waals surface area contributed by atoms with Crippen molar-refractivity contribution in [3.8, 4) is 50.2 Å². The van der Waals surface area contributed by atoms with E-state index in [9.17, 15) is 0 Å². The number of anilines is 2. The maximum atomic E-state index is 2.62. The molecular formula is C54H42N2. The van der Waals surface area contributed by atoms with E-state index in [1.807, 2.05) is 0 Å². The lowest BCUT2D eigenvalue weighted by Crippen LogP contribution is -2.30. The van der Waals surface area contributed by atoms with Crippen LogP contribution in [0.5, 0.6) is 0 Å². The van der Waals surface area contributed by atoms with Gasteiger partial charge < -0.3 is 9.47 Å². The fourth-order valence-electron chi connectivity index (χ4n) is 9.70. The molecule has 1 aliphatic heterocycles. The predicted octanol–water partition coefficient (Wildman–Crippen LogP) is 14.2. The van der Waals surface area contributed by atoms with E-state index in [-0.39, 0.29) is 0 Å². The molecule has 7 aromatic carbocycles. The van der Waals surface area contributed by atoms with Crippen LogP contribution in [-0.2, 0) is 6.42 Å². The van der Waals surface area contributed by atoms with Crippen molar-refractivity contribution in [2.75, 3.05) is 4.90 Å². The molecular weight excluding hydrogens is 677 g/mol. The minimum Gasteiger partial charge on any atom is -0.337 e. The Kier molecular flexibility index (Phi) is 7.95. The number of benzene rings is 7. The quantitative estimate of drug-likeness (QED) is 0.155. The molecule has 8 aromatic rings. The summed E-state index contributed by atoms with van der Waals surface area (Å²) in [5.41, 5.74) is 19.2. The van der Waals surface area contributed by atoms with Crippen molar-refractivity contribution < 1.29 is 0 Å². The molecule has 2 heteroatoms. The van der Waals surface area contributed by atoms with Crippen LogP contribution in [0.2, 0.25) is 0 Å². The summed E-state index contributed by atoms with van der Waals surface area (Å²) in [4.78, 5) is 2.62. The van der Waals surface area contributed by atoms with E-state index < -0.39 is 0 Å². The van der Waals surface area contributed by atoms with Gasteiger partial charge in [0, 0.05) is 51.2 Å². The average molecular weight is 719 g/mol. The molecule has 0 radical (unpaired) electrons. The van der Waals surface area contributed by atoms with Crippen LogP contribution < -0.4 is 4.90 Å². The van der Waals surface area contributed by atoms with Gasteiger partial charge in [-0.3, -0.25) is 0 Å². The Balaban J connectivity index is 1.08. The molecule has 2 heterocycles. The smallest absolute Gasteiger partial charge is 0.0616 e. The lowest BCUT2D eigenvalue weighted by atomic mass is 9.86. The van der Waals surface area contributed by atoms with Crippen LogP contribution in [0.15, 0.2) is 188 Å². The Morgan fingerprint density at radius 3 is 1.82 bits per heavy atom. The zero-order valence-corrected chi connectivity index (χ0v) is 31.4. The zero-order valence-electron chi connectivity index (χ0n) is 31.4. The van der Waals surface area contributed by atoms with Gasteiger partial charge >= 0.3 is 0 Å². The molecule has 1 aromatic heterocycles. The number of nitrogens with zero attached hydrogens (tertiary/aromatic N) is 2. The highest BCUT2D eigenvalue weighted by molar-refractivity contribution is 6.03. The number of allylic oxidation sites excluding steroid dienone is 2. The largest absolute Gasteiger partial charge is 0.337 e. The van der Waals surface area contributed by atoms with Gasteiger partial charge in [0.25, 0.3) is 0 Å². The second-order valence-corrected chi connectivity index (χ2v) is 15.5. The van der Waals surface area contributed by atoms with Crippen molar-refractivity contribution in [3.05, 3.63) is 205 Å². The molecule has 0 spiro atoms. The van der Waals surface area contributed by atoms with Gasteiger partial charge in [0.15, 0.2) is 0 Å². The normalized spacial score (nSPS) is 16.8. The maximum absolute atomic E-state index is 2.62. The van der Waals surface area contributed by atoms with Crippen molar-refractivity contribution in [2.24, 2.45) is 0 Å². The molecule has 2 aliphatic carbocycles. The minimum atomic E-state index is 0.352. The molecule has 2 unspecified atom stereocenters. The average Bonchev–Trinajstić information content (AvgIpc) is 3.80. The summed E-state index contributed by atoms with van der Waals surface area (Å²) in [6, 6.07) is 63.3. The Morgan fingerprint density at radius 1 is 0.482 bits per heavy atom. The Hall–Kier alpha value is -6.64. The maximum Gasteiger partial charge on any atom is 0.0616 e. The Labute approximate surface area is 329 Å². The molecule has 2 atom stereocenters. The summed E-state index contributed by atoms with van der Waals surface area (Å²) in [5, 5.41) is 1.32. The number of para-hydroxylation sites is 1. The van der Waals surface area contributed by atoms with Crippen LogP contribution in [0, 0.1) is 0 Å². The summed E-state index contributed by atoms with van der Waals surface area (Å²) in [6.45, 7) is 0. The predicted molar refractivity (Wildman–Crippen MR) is 236 cm³/mol. The lowest BCUT2D eigenvalue weighted by molar-refractivity contribution is 0.565. The first kappa shape index (κ1) is 32.8. The van der Waals surface area contributed by atoms with E-state index in [1.165, 1.54) is 89.3 Å². The van der Waals surface area contributed by atoms with Gasteiger partial charge in [-0.2, -0.15) is 0 Å². The molecule has 0 fully saturated rings. The fourth-order valence-corrected chi connectivity index (χ4v) is 9.70. The van der Waals surface area contributed by atoms with Crippen LogP contribution in [0.4, 0.5) is 11.4 Å². The monoisotopic (exact) mass is 718 g/mol. The van der Waals surface area contributed by atoms with Gasteiger partial charge in [-0.05, 0) is 113 Å². The van der Waals surface area contributed by atoms with Gasteiger partial charge in [-0.1, -0.05) is 152 Å². The van der Waals surface area contributed by atoms with E-state index in [0.717, 1.165) is 25.7 Å². The zero-order chi connectivity index (χ0) is 37.0. The summed E-state index contributed by atoms with van der Waals surface area (Å²) < 4.78 is 2.60. The first-order valence-electron chi connectivity index (χ1n) is 20.1. The molecule has 268 valence electrons. The SMILES string of the molecule is C1=Cc2c(n(-c3cc(-c4ccccc4)cc(-c4ccccc4)c3)c3c(-c4ccc5c(c4)C4C=CCCC4N5c4ccc(-c5ccccc5)cc4)cccc23)CC1. The molecule has 3 aliphatic rings. The van der Waals surface area contributed by atoms with Gasteiger partial charge in [-0.25, -0.2) is 0 Å². The van der Waals surface area contributed by atoms with Crippen molar-refractivity contribution >= 4 is 28.4 Å². The van der Waals surface area contributed by atoms with Crippen molar-refractivity contribution in [3.63, 3.8) is 0 Å². The third-order valence-electron chi connectivity index (χ3n) is 12.3. The molecule has 56 heavy (non-hydrogen) atoms. The molecule has 11 rings (SSSR count). The van der Waals surface area contributed by atoms with Crippen LogP contribution >= 0.6 is 0 Å². The van der Waals surface area contributed by atoms with Crippen LogP contribution in [0.1, 0.15) is 42.0 Å². The molecule has 2 nitrogen and oxygen atoms in total. The molecule has 0 saturated heterocycles. The van der Waals surface area contributed by atoms with Crippen molar-refractivity contribution in [1.82, 2.24) is 4.57 Å². The number of rotatable bonds is 6. The van der Waals surface area contributed by atoms with Crippen LogP contribution in [0.3, 0.4) is 0 Å². The topological polar surface area (TPSA) is 8.17 Å². The van der Waals surface area contributed by atoms with E-state index >= 15 is 0 Å². The van der Waals surface area contributed by atoms with E-state index in [4.69, 9.17) is 0 Å². The summed E-state index contributed by atoms with van der Waals surface area (Å²) in [5.74, 6) is 0.352. The van der Waals surface area contributed by atoms with Crippen molar-refractivity contribution in [2.45, 2.75) is 37.6 Å². The second kappa shape index (κ2) is 13.6. The molecule has 0 bridgehead atoms. The Bertz CT molecular complexity index is 2730. The minimum absolute atomic E-state index is 0.352. The molecule has 0 saturated carbocycles. The standard InChI is InChI=1S/C54H42N2/c1-4-15-37(16-5-1)40-27-30-44(31-28-40)55-51-25-12-11-22-48(51)50-36-41(29-32-53(50)55)46-23-14-24-49-47-21-10-13-26-52(47)56(54(46)49)45-34-42(38-17-6-2-7-18-38)33-43(35-45)39-19-8-3-9-20-39/h1-11,14-24,27-36,48,51H,12-13,25-26H2. The Morgan fingerprint density at radius 2 is 1.12 bits per heavy atom. The van der Waals surface area contributed by atoms with Gasteiger partial charge in [0.1, 0.15) is 0 Å². The summed E-state index contributed by atoms with van der Waals surface area (Å²) in [7, 11) is 0. The summed E-state index contributed by atoms with van der Waals surface area (Å²) in [6.07, 6.45) is 13.9. The van der Waals surface area contributed by atoms with E-state index in [1.54, 1.807) is 0 Å².